The van der Waals surface area contributed by atoms with Crippen LogP contribution in [0.5, 0.6) is 0 Å². The molecular weight excluding hydrogens is 332 g/mol. The third-order valence-corrected chi connectivity index (χ3v) is 3.65. The van der Waals surface area contributed by atoms with Crippen LogP contribution >= 0.6 is 0 Å². The number of rotatable bonds is 6. The first-order chi connectivity index (χ1) is 12.4. The number of benzene rings is 1. The third-order valence-electron chi connectivity index (χ3n) is 3.65. The first-order valence-corrected chi connectivity index (χ1v) is 8.36. The fourth-order valence-corrected chi connectivity index (χ4v) is 2.16. The third kappa shape index (κ3) is 5.41. The Morgan fingerprint density at radius 1 is 0.962 bits per heavy atom. The molecule has 1 unspecified atom stereocenters. The van der Waals surface area contributed by atoms with Crippen molar-refractivity contribution in [3.8, 4) is 0 Å². The van der Waals surface area contributed by atoms with Gasteiger partial charge in [0.2, 0.25) is 5.91 Å². The van der Waals surface area contributed by atoms with Crippen LogP contribution in [0.2, 0.25) is 0 Å². The molecule has 0 fully saturated rings. The summed E-state index contributed by atoms with van der Waals surface area (Å²) in [5.74, 6) is -0.958. The average Bonchev–Trinajstić information content (AvgIpc) is 2.61. The van der Waals surface area contributed by atoms with Crippen LogP contribution in [0.1, 0.15) is 48.2 Å². The van der Waals surface area contributed by atoms with Gasteiger partial charge in [-0.3, -0.25) is 14.4 Å². The van der Waals surface area contributed by atoms with Gasteiger partial charge in [0.1, 0.15) is 11.4 Å². The fraction of sp³-hybridized carbons (Fsp3) is 0.263. The molecule has 2 aromatic rings. The summed E-state index contributed by atoms with van der Waals surface area (Å²) >= 11 is 0. The molecule has 1 aromatic heterocycles. The zero-order chi connectivity index (χ0) is 19.1. The molecule has 0 aliphatic carbocycles. The summed E-state index contributed by atoms with van der Waals surface area (Å²) in [5.41, 5.74) is 1.40. The standard InChI is InChI=1S/C19H22N4O3/c1-4-12(2)20-18(25)16-9-6-10-17(23-16)19(26)22-15-8-5-7-14(11-15)21-13(3)24/h5-12H,4H2,1-3H3,(H,20,25)(H,21,24)(H,22,26). The van der Waals surface area contributed by atoms with Gasteiger partial charge in [-0.15, -0.1) is 0 Å². The molecule has 1 aromatic carbocycles. The summed E-state index contributed by atoms with van der Waals surface area (Å²) in [6, 6.07) is 11.5. The number of carbonyl (C=O) groups excluding carboxylic acids is 3. The van der Waals surface area contributed by atoms with Crippen LogP contribution in [-0.2, 0) is 4.79 Å². The molecule has 7 heteroatoms. The lowest BCUT2D eigenvalue weighted by atomic mass is 10.2. The molecule has 1 heterocycles. The molecule has 7 nitrogen and oxygen atoms in total. The molecule has 26 heavy (non-hydrogen) atoms. The number of nitrogens with zero attached hydrogens (tertiary/aromatic N) is 1. The largest absolute Gasteiger partial charge is 0.348 e. The summed E-state index contributed by atoms with van der Waals surface area (Å²) in [4.78, 5) is 39.8. The van der Waals surface area contributed by atoms with E-state index in [0.717, 1.165) is 6.42 Å². The summed E-state index contributed by atoms with van der Waals surface area (Å²) in [7, 11) is 0. The topological polar surface area (TPSA) is 100 Å². The highest BCUT2D eigenvalue weighted by atomic mass is 16.2. The molecular formula is C19H22N4O3. The lowest BCUT2D eigenvalue weighted by Crippen LogP contribution is -2.32. The monoisotopic (exact) mass is 354 g/mol. The number of hydrogen-bond acceptors (Lipinski definition) is 4. The highest BCUT2D eigenvalue weighted by Gasteiger charge is 2.14. The molecule has 0 saturated carbocycles. The minimum Gasteiger partial charge on any atom is -0.348 e. The van der Waals surface area contributed by atoms with E-state index in [1.807, 2.05) is 13.8 Å². The van der Waals surface area contributed by atoms with Gasteiger partial charge in [0.25, 0.3) is 11.8 Å². The second kappa shape index (κ2) is 8.75. The zero-order valence-corrected chi connectivity index (χ0v) is 15.0. The van der Waals surface area contributed by atoms with E-state index in [4.69, 9.17) is 0 Å². The molecule has 3 N–H and O–H groups in total. The van der Waals surface area contributed by atoms with Crippen LogP contribution in [0.15, 0.2) is 42.5 Å². The van der Waals surface area contributed by atoms with Gasteiger partial charge in [-0.05, 0) is 43.7 Å². The smallest absolute Gasteiger partial charge is 0.274 e. The quantitative estimate of drug-likeness (QED) is 0.742. The number of anilines is 2. The van der Waals surface area contributed by atoms with Gasteiger partial charge in [-0.1, -0.05) is 19.1 Å². The second-order valence-electron chi connectivity index (χ2n) is 5.91. The first-order valence-electron chi connectivity index (χ1n) is 8.36. The molecule has 0 spiro atoms. The van der Waals surface area contributed by atoms with Crippen molar-refractivity contribution < 1.29 is 14.4 Å². The molecule has 0 radical (unpaired) electrons. The van der Waals surface area contributed by atoms with E-state index >= 15 is 0 Å². The lowest BCUT2D eigenvalue weighted by molar-refractivity contribution is -0.114. The summed E-state index contributed by atoms with van der Waals surface area (Å²) in [5, 5.41) is 8.17. The predicted octanol–water partition coefficient (Wildman–Crippen LogP) is 2.82. The molecule has 2 rings (SSSR count). The van der Waals surface area contributed by atoms with Gasteiger partial charge < -0.3 is 16.0 Å². The zero-order valence-electron chi connectivity index (χ0n) is 15.0. The molecule has 3 amide bonds. The number of hydrogen-bond donors (Lipinski definition) is 3. The maximum Gasteiger partial charge on any atom is 0.274 e. The summed E-state index contributed by atoms with van der Waals surface area (Å²) in [6.45, 7) is 5.28. The van der Waals surface area contributed by atoms with Crippen molar-refractivity contribution in [2.24, 2.45) is 0 Å². The highest BCUT2D eigenvalue weighted by Crippen LogP contribution is 2.16. The van der Waals surface area contributed by atoms with Crippen molar-refractivity contribution in [3.63, 3.8) is 0 Å². The van der Waals surface area contributed by atoms with Crippen molar-refractivity contribution in [1.82, 2.24) is 10.3 Å². The minimum absolute atomic E-state index is 0.0262. The Balaban J connectivity index is 2.11. The second-order valence-corrected chi connectivity index (χ2v) is 5.91. The Hall–Kier alpha value is -3.22. The number of amides is 3. The number of pyridine rings is 1. The van der Waals surface area contributed by atoms with Crippen molar-refractivity contribution >= 4 is 29.1 Å². The SMILES string of the molecule is CCC(C)NC(=O)c1cccc(C(=O)Nc2cccc(NC(C)=O)c2)n1. The van der Waals surface area contributed by atoms with E-state index in [1.165, 1.54) is 13.0 Å². The van der Waals surface area contributed by atoms with Crippen LogP contribution < -0.4 is 16.0 Å². The Kier molecular flexibility index (Phi) is 6.43. The van der Waals surface area contributed by atoms with Crippen molar-refractivity contribution in [3.05, 3.63) is 53.9 Å². The molecule has 0 saturated heterocycles. The first kappa shape index (κ1) is 19.1. The van der Waals surface area contributed by atoms with Crippen molar-refractivity contribution in [2.45, 2.75) is 33.2 Å². The van der Waals surface area contributed by atoms with Gasteiger partial charge in [-0.25, -0.2) is 4.98 Å². The van der Waals surface area contributed by atoms with Gasteiger partial charge >= 0.3 is 0 Å². The van der Waals surface area contributed by atoms with Gasteiger partial charge in [-0.2, -0.15) is 0 Å². The maximum atomic E-state index is 12.4. The minimum atomic E-state index is -0.442. The summed E-state index contributed by atoms with van der Waals surface area (Å²) in [6.07, 6.45) is 0.802. The van der Waals surface area contributed by atoms with Crippen LogP contribution in [0.25, 0.3) is 0 Å². The van der Waals surface area contributed by atoms with E-state index in [2.05, 4.69) is 20.9 Å². The van der Waals surface area contributed by atoms with Crippen LogP contribution in [-0.4, -0.2) is 28.7 Å². The molecule has 1 atom stereocenters. The Labute approximate surface area is 152 Å². The average molecular weight is 354 g/mol. The number of nitrogens with one attached hydrogen (secondary N) is 3. The normalized spacial score (nSPS) is 11.3. The number of carbonyl (C=O) groups is 3. The van der Waals surface area contributed by atoms with E-state index in [1.54, 1.807) is 36.4 Å². The Morgan fingerprint density at radius 3 is 2.15 bits per heavy atom. The van der Waals surface area contributed by atoms with Gasteiger partial charge in [0.15, 0.2) is 0 Å². The van der Waals surface area contributed by atoms with E-state index in [-0.39, 0.29) is 29.2 Å². The molecule has 136 valence electrons. The van der Waals surface area contributed by atoms with Crippen LogP contribution in [0.3, 0.4) is 0 Å². The van der Waals surface area contributed by atoms with Gasteiger partial charge in [0, 0.05) is 24.3 Å². The molecule has 0 aliphatic heterocycles. The van der Waals surface area contributed by atoms with Gasteiger partial charge in [0.05, 0.1) is 0 Å². The Morgan fingerprint density at radius 2 is 1.54 bits per heavy atom. The Bertz CT molecular complexity index is 820. The van der Waals surface area contributed by atoms with E-state index in [9.17, 15) is 14.4 Å². The number of aromatic nitrogens is 1. The predicted molar refractivity (Wildman–Crippen MR) is 100 cm³/mol. The van der Waals surface area contributed by atoms with E-state index < -0.39 is 5.91 Å². The van der Waals surface area contributed by atoms with Crippen molar-refractivity contribution in [2.75, 3.05) is 10.6 Å². The van der Waals surface area contributed by atoms with Crippen molar-refractivity contribution in [1.29, 1.82) is 0 Å². The molecule has 0 aliphatic rings. The highest BCUT2D eigenvalue weighted by molar-refractivity contribution is 6.04. The molecule has 0 bridgehead atoms. The maximum absolute atomic E-state index is 12.4. The fourth-order valence-electron chi connectivity index (χ4n) is 2.16. The van der Waals surface area contributed by atoms with Crippen LogP contribution in [0, 0.1) is 0 Å². The van der Waals surface area contributed by atoms with Crippen LogP contribution in [0.4, 0.5) is 11.4 Å². The lowest BCUT2D eigenvalue weighted by Gasteiger charge is -2.11. The van der Waals surface area contributed by atoms with E-state index in [0.29, 0.717) is 11.4 Å². The summed E-state index contributed by atoms with van der Waals surface area (Å²) < 4.78 is 0.